The van der Waals surface area contributed by atoms with Crippen LogP contribution in [0, 0.1) is 5.92 Å². The van der Waals surface area contributed by atoms with E-state index >= 15 is 0 Å². The van der Waals surface area contributed by atoms with Crippen LogP contribution in [0.3, 0.4) is 0 Å². The summed E-state index contributed by atoms with van der Waals surface area (Å²) in [4.78, 5) is 11.9. The minimum absolute atomic E-state index is 0.521. The molecule has 5 aromatic rings. The van der Waals surface area contributed by atoms with Crippen LogP contribution in [0.25, 0.3) is 27.7 Å². The average molecular weight is 505 g/mol. The van der Waals surface area contributed by atoms with Crippen LogP contribution in [0.4, 0.5) is 11.6 Å². The van der Waals surface area contributed by atoms with E-state index in [9.17, 15) is 0 Å². The van der Waals surface area contributed by atoms with E-state index in [-0.39, 0.29) is 0 Å². The Morgan fingerprint density at radius 2 is 2.00 bits per heavy atom. The van der Waals surface area contributed by atoms with Gasteiger partial charge in [-0.2, -0.15) is 14.8 Å². The van der Waals surface area contributed by atoms with E-state index in [4.69, 9.17) is 10.7 Å². The lowest BCUT2D eigenvalue weighted by Gasteiger charge is -2.33. The number of hydrogen-bond donors (Lipinski definition) is 2. The zero-order valence-corrected chi connectivity index (χ0v) is 19.3. The molecule has 0 saturated carbocycles. The fourth-order valence-electron chi connectivity index (χ4n) is 4.49. The fourth-order valence-corrected chi connectivity index (χ4v) is 5.00. The first-order valence-electron chi connectivity index (χ1n) is 10.8. The van der Waals surface area contributed by atoms with Crippen molar-refractivity contribution in [1.82, 2.24) is 40.2 Å². The molecule has 0 atom stereocenters. The molecule has 1 fully saturated rings. The first kappa shape index (κ1) is 20.0. The summed E-state index contributed by atoms with van der Waals surface area (Å²) in [5.74, 6) is 2.66. The second-order valence-corrected chi connectivity index (χ2v) is 9.10. The van der Waals surface area contributed by atoms with Gasteiger partial charge >= 0.3 is 0 Å². The molecule has 11 heteroatoms. The number of H-pyrrole nitrogens is 1. The first-order chi connectivity index (χ1) is 16.2. The number of anilines is 2. The van der Waals surface area contributed by atoms with E-state index in [0.717, 1.165) is 76.1 Å². The molecule has 0 radical (unpaired) electrons. The van der Waals surface area contributed by atoms with Crippen molar-refractivity contribution in [1.29, 1.82) is 0 Å². The SMILES string of the molecule is Nc1c(Br)c(N2CCC(Cc3nn[nH]n3)CC2)nc2c(-c3cnc4ccccc4c3)cnn12. The minimum Gasteiger partial charge on any atom is -0.383 e. The number of tetrazole rings is 1. The van der Waals surface area contributed by atoms with Gasteiger partial charge in [0.25, 0.3) is 0 Å². The minimum atomic E-state index is 0.521. The third kappa shape index (κ3) is 3.58. The largest absolute Gasteiger partial charge is 0.383 e. The number of pyridine rings is 1. The molecule has 3 N–H and O–H groups in total. The first-order valence-corrected chi connectivity index (χ1v) is 11.6. The van der Waals surface area contributed by atoms with Gasteiger partial charge in [0.2, 0.25) is 0 Å². The topological polar surface area (TPSA) is 127 Å². The number of nitrogens with two attached hydrogens (primary N) is 1. The van der Waals surface area contributed by atoms with Crippen molar-refractivity contribution < 1.29 is 0 Å². The van der Waals surface area contributed by atoms with Gasteiger partial charge in [-0.15, -0.1) is 10.2 Å². The van der Waals surface area contributed by atoms with E-state index in [2.05, 4.69) is 63.7 Å². The highest BCUT2D eigenvalue weighted by Gasteiger charge is 2.25. The fraction of sp³-hybridized carbons (Fsp3) is 0.273. The lowest BCUT2D eigenvalue weighted by Crippen LogP contribution is -2.35. The number of nitrogen functional groups attached to an aromatic ring is 1. The summed E-state index contributed by atoms with van der Waals surface area (Å²) in [5, 5.41) is 19.9. The van der Waals surface area contributed by atoms with Crippen LogP contribution in [-0.4, -0.2) is 53.3 Å². The van der Waals surface area contributed by atoms with Crippen molar-refractivity contribution in [3.05, 3.63) is 53.0 Å². The number of fused-ring (bicyclic) bond motifs is 2. The van der Waals surface area contributed by atoms with E-state index in [0.29, 0.717) is 11.7 Å². The third-order valence-corrected chi connectivity index (χ3v) is 7.04. The molecule has 10 nitrogen and oxygen atoms in total. The molecule has 1 saturated heterocycles. The summed E-state index contributed by atoms with van der Waals surface area (Å²) < 4.78 is 2.44. The van der Waals surface area contributed by atoms with Crippen LogP contribution in [-0.2, 0) is 6.42 Å². The maximum Gasteiger partial charge on any atom is 0.174 e. The van der Waals surface area contributed by atoms with Gasteiger partial charge in [0.15, 0.2) is 11.5 Å². The van der Waals surface area contributed by atoms with Crippen molar-refractivity contribution in [2.45, 2.75) is 19.3 Å². The number of rotatable bonds is 4. The van der Waals surface area contributed by atoms with Gasteiger partial charge in [-0.05, 0) is 46.8 Å². The van der Waals surface area contributed by atoms with Crippen LogP contribution < -0.4 is 10.6 Å². The quantitative estimate of drug-likeness (QED) is 0.381. The lowest BCUT2D eigenvalue weighted by molar-refractivity contribution is 0.395. The van der Waals surface area contributed by atoms with Crippen LogP contribution in [0.15, 0.2) is 47.2 Å². The summed E-state index contributed by atoms with van der Waals surface area (Å²) in [6.07, 6.45) is 6.55. The number of aromatic nitrogens is 8. The molecular weight excluding hydrogens is 484 g/mol. The number of hydrogen-bond acceptors (Lipinski definition) is 8. The Bertz CT molecular complexity index is 1440. The van der Waals surface area contributed by atoms with Gasteiger partial charge < -0.3 is 10.6 Å². The van der Waals surface area contributed by atoms with Gasteiger partial charge in [0.05, 0.1) is 11.7 Å². The number of nitrogens with one attached hydrogen (secondary N) is 1. The summed E-state index contributed by atoms with van der Waals surface area (Å²) >= 11 is 3.66. The van der Waals surface area contributed by atoms with Crippen LogP contribution in [0.5, 0.6) is 0 Å². The maximum atomic E-state index is 6.47. The molecule has 0 bridgehead atoms. The maximum absolute atomic E-state index is 6.47. The Balaban J connectivity index is 1.33. The normalized spacial score (nSPS) is 15.0. The van der Waals surface area contributed by atoms with Gasteiger partial charge in [0, 0.05) is 42.2 Å². The zero-order valence-electron chi connectivity index (χ0n) is 17.7. The van der Waals surface area contributed by atoms with Crippen molar-refractivity contribution in [2.75, 3.05) is 23.7 Å². The Kier molecular flexibility index (Phi) is 4.90. The zero-order chi connectivity index (χ0) is 22.4. The molecule has 0 spiro atoms. The second-order valence-electron chi connectivity index (χ2n) is 8.31. The Labute approximate surface area is 197 Å². The molecule has 33 heavy (non-hydrogen) atoms. The molecule has 0 unspecified atom stereocenters. The van der Waals surface area contributed by atoms with Crippen LogP contribution in [0.2, 0.25) is 0 Å². The molecular formula is C22H21BrN10. The number of nitrogens with zero attached hydrogens (tertiary/aromatic N) is 8. The molecule has 1 aromatic carbocycles. The van der Waals surface area contributed by atoms with Crippen molar-refractivity contribution >= 4 is 44.1 Å². The Hall–Kier alpha value is -3.60. The molecule has 0 amide bonds. The molecule has 4 aromatic heterocycles. The highest BCUT2D eigenvalue weighted by molar-refractivity contribution is 9.10. The number of para-hydroxylation sites is 1. The summed E-state index contributed by atoms with van der Waals surface area (Å²) in [5.41, 5.74) is 10.0. The van der Waals surface area contributed by atoms with Crippen molar-refractivity contribution in [3.8, 4) is 11.1 Å². The average Bonchev–Trinajstić information content (AvgIpc) is 3.52. The molecule has 166 valence electrons. The van der Waals surface area contributed by atoms with E-state index in [1.807, 2.05) is 24.4 Å². The number of benzene rings is 1. The number of halogens is 1. The monoisotopic (exact) mass is 504 g/mol. The summed E-state index contributed by atoms with van der Waals surface area (Å²) in [6.45, 7) is 1.76. The number of aromatic amines is 1. The summed E-state index contributed by atoms with van der Waals surface area (Å²) in [7, 11) is 0. The van der Waals surface area contributed by atoms with Crippen molar-refractivity contribution in [3.63, 3.8) is 0 Å². The standard InChI is InChI=1S/C22H21BrN10/c23-19-20(24)33-21(16(12-26-33)15-10-14-3-1-2-4-17(14)25-11-15)27-22(19)32-7-5-13(6-8-32)9-18-28-30-31-29-18/h1-4,10-13H,5-9,24H2,(H,28,29,30,31). The third-order valence-electron chi connectivity index (χ3n) is 6.28. The van der Waals surface area contributed by atoms with E-state index in [1.54, 1.807) is 10.7 Å². The van der Waals surface area contributed by atoms with E-state index < -0.39 is 0 Å². The smallest absolute Gasteiger partial charge is 0.174 e. The molecule has 1 aliphatic heterocycles. The lowest BCUT2D eigenvalue weighted by atomic mass is 9.93. The van der Waals surface area contributed by atoms with Gasteiger partial charge in [-0.1, -0.05) is 23.4 Å². The molecule has 6 rings (SSSR count). The predicted molar refractivity (Wildman–Crippen MR) is 129 cm³/mol. The second kappa shape index (κ2) is 8.07. The number of piperidine rings is 1. The Morgan fingerprint density at radius 1 is 1.15 bits per heavy atom. The molecule has 5 heterocycles. The van der Waals surface area contributed by atoms with Crippen LogP contribution in [0.1, 0.15) is 18.7 Å². The van der Waals surface area contributed by atoms with Crippen LogP contribution >= 0.6 is 15.9 Å². The highest BCUT2D eigenvalue weighted by atomic mass is 79.9. The van der Waals surface area contributed by atoms with E-state index in [1.165, 1.54) is 0 Å². The summed E-state index contributed by atoms with van der Waals surface area (Å²) in [6, 6.07) is 10.2. The highest BCUT2D eigenvalue weighted by Crippen LogP contribution is 2.36. The predicted octanol–water partition coefficient (Wildman–Crippen LogP) is 3.26. The molecule has 0 aliphatic carbocycles. The molecule has 1 aliphatic rings. The van der Waals surface area contributed by atoms with Gasteiger partial charge in [-0.25, -0.2) is 4.98 Å². The van der Waals surface area contributed by atoms with Gasteiger partial charge in [-0.3, -0.25) is 4.98 Å². The van der Waals surface area contributed by atoms with Crippen molar-refractivity contribution in [2.24, 2.45) is 5.92 Å². The van der Waals surface area contributed by atoms with Gasteiger partial charge in [0.1, 0.15) is 16.1 Å². The Morgan fingerprint density at radius 3 is 2.82 bits per heavy atom.